The quantitative estimate of drug-likeness (QED) is 0.749. The van der Waals surface area contributed by atoms with Crippen LogP contribution in [0.15, 0.2) is 18.2 Å². The number of esters is 1. The van der Waals surface area contributed by atoms with E-state index in [9.17, 15) is 9.18 Å². The van der Waals surface area contributed by atoms with E-state index in [0.717, 1.165) is 0 Å². The lowest BCUT2D eigenvalue weighted by molar-refractivity contribution is 0.0377. The second-order valence-corrected chi connectivity index (χ2v) is 4.86. The van der Waals surface area contributed by atoms with E-state index in [2.05, 4.69) is 0 Å². The van der Waals surface area contributed by atoms with Gasteiger partial charge >= 0.3 is 5.97 Å². The van der Waals surface area contributed by atoms with Crippen molar-refractivity contribution in [2.45, 2.75) is 40.2 Å². The van der Waals surface area contributed by atoms with Crippen molar-refractivity contribution >= 4 is 5.97 Å². The van der Waals surface area contributed by atoms with Gasteiger partial charge in [0.25, 0.3) is 0 Å². The van der Waals surface area contributed by atoms with Crippen LogP contribution < -0.4 is 0 Å². The highest BCUT2D eigenvalue weighted by atomic mass is 19.1. The minimum atomic E-state index is -0.477. The Labute approximate surface area is 102 Å². The van der Waals surface area contributed by atoms with Crippen LogP contribution in [0.5, 0.6) is 0 Å². The SMILES string of the molecule is CC(C)Cc1ccc(C(=O)OC(C)C)cc1F. The summed E-state index contributed by atoms with van der Waals surface area (Å²) in [7, 11) is 0. The normalized spacial score (nSPS) is 11.0. The molecule has 0 radical (unpaired) electrons. The Kier molecular flexibility index (Phi) is 4.67. The van der Waals surface area contributed by atoms with Gasteiger partial charge in [0, 0.05) is 0 Å². The number of hydrogen-bond donors (Lipinski definition) is 0. The summed E-state index contributed by atoms with van der Waals surface area (Å²) >= 11 is 0. The largest absolute Gasteiger partial charge is 0.459 e. The first-order valence-corrected chi connectivity index (χ1v) is 5.89. The van der Waals surface area contributed by atoms with E-state index in [1.807, 2.05) is 13.8 Å². The molecule has 1 aromatic carbocycles. The minimum Gasteiger partial charge on any atom is -0.459 e. The van der Waals surface area contributed by atoms with Gasteiger partial charge < -0.3 is 4.74 Å². The van der Waals surface area contributed by atoms with Gasteiger partial charge in [-0.25, -0.2) is 9.18 Å². The van der Waals surface area contributed by atoms with E-state index >= 15 is 0 Å². The molecule has 2 nitrogen and oxygen atoms in total. The van der Waals surface area contributed by atoms with Gasteiger partial charge in [0.2, 0.25) is 0 Å². The topological polar surface area (TPSA) is 26.3 Å². The third-order valence-corrected chi connectivity index (χ3v) is 2.26. The van der Waals surface area contributed by atoms with E-state index < -0.39 is 5.97 Å². The van der Waals surface area contributed by atoms with Crippen LogP contribution in [-0.2, 0) is 11.2 Å². The Morgan fingerprint density at radius 2 is 1.94 bits per heavy atom. The van der Waals surface area contributed by atoms with E-state index in [1.54, 1.807) is 26.0 Å². The van der Waals surface area contributed by atoms with Crippen LogP contribution in [0.1, 0.15) is 43.6 Å². The summed E-state index contributed by atoms with van der Waals surface area (Å²) in [5.74, 6) is -0.426. The van der Waals surface area contributed by atoms with Gasteiger partial charge in [-0.3, -0.25) is 0 Å². The first-order chi connectivity index (χ1) is 7.90. The van der Waals surface area contributed by atoms with E-state index in [-0.39, 0.29) is 17.5 Å². The summed E-state index contributed by atoms with van der Waals surface area (Å²) in [6.45, 7) is 7.59. The lowest BCUT2D eigenvalue weighted by Crippen LogP contribution is -2.12. The van der Waals surface area contributed by atoms with Crippen LogP contribution in [-0.4, -0.2) is 12.1 Å². The fraction of sp³-hybridized carbons (Fsp3) is 0.500. The van der Waals surface area contributed by atoms with Crippen LogP contribution in [0.2, 0.25) is 0 Å². The number of rotatable bonds is 4. The Hall–Kier alpha value is -1.38. The molecule has 0 bridgehead atoms. The third kappa shape index (κ3) is 4.17. The van der Waals surface area contributed by atoms with Crippen LogP contribution in [0.4, 0.5) is 4.39 Å². The molecule has 0 aliphatic carbocycles. The fourth-order valence-corrected chi connectivity index (χ4v) is 1.56. The maximum atomic E-state index is 13.7. The molecule has 94 valence electrons. The molecule has 3 heteroatoms. The monoisotopic (exact) mass is 238 g/mol. The van der Waals surface area contributed by atoms with Crippen molar-refractivity contribution in [1.82, 2.24) is 0 Å². The molecule has 0 unspecified atom stereocenters. The van der Waals surface area contributed by atoms with Crippen molar-refractivity contribution in [3.8, 4) is 0 Å². The molecule has 0 spiro atoms. The maximum absolute atomic E-state index is 13.7. The molecule has 0 atom stereocenters. The van der Waals surface area contributed by atoms with Gasteiger partial charge in [0.1, 0.15) is 5.82 Å². The lowest BCUT2D eigenvalue weighted by atomic mass is 10.0. The van der Waals surface area contributed by atoms with E-state index in [0.29, 0.717) is 17.9 Å². The van der Waals surface area contributed by atoms with E-state index in [4.69, 9.17) is 4.74 Å². The highest BCUT2D eigenvalue weighted by Gasteiger charge is 2.12. The zero-order chi connectivity index (χ0) is 13.0. The Morgan fingerprint density at radius 1 is 1.29 bits per heavy atom. The van der Waals surface area contributed by atoms with Crippen molar-refractivity contribution in [3.63, 3.8) is 0 Å². The molecule has 0 aromatic heterocycles. The summed E-state index contributed by atoms with van der Waals surface area (Å²) < 4.78 is 18.7. The predicted molar refractivity (Wildman–Crippen MR) is 65.5 cm³/mol. The number of carbonyl (C=O) groups is 1. The minimum absolute atomic E-state index is 0.194. The highest BCUT2D eigenvalue weighted by Crippen LogP contribution is 2.15. The highest BCUT2D eigenvalue weighted by molar-refractivity contribution is 5.89. The molecule has 0 amide bonds. The lowest BCUT2D eigenvalue weighted by Gasteiger charge is -2.10. The third-order valence-electron chi connectivity index (χ3n) is 2.26. The molecule has 1 rings (SSSR count). The van der Waals surface area contributed by atoms with E-state index in [1.165, 1.54) is 6.07 Å². The average Bonchev–Trinajstić information content (AvgIpc) is 2.19. The van der Waals surface area contributed by atoms with Crippen molar-refractivity contribution in [1.29, 1.82) is 0 Å². The Bertz CT molecular complexity index is 397. The van der Waals surface area contributed by atoms with Crippen LogP contribution in [0, 0.1) is 11.7 Å². The van der Waals surface area contributed by atoms with Crippen LogP contribution in [0.3, 0.4) is 0 Å². The molecular weight excluding hydrogens is 219 g/mol. The molecule has 0 saturated carbocycles. The smallest absolute Gasteiger partial charge is 0.338 e. The van der Waals surface area contributed by atoms with Gasteiger partial charge in [0.15, 0.2) is 0 Å². The Balaban J connectivity index is 2.85. The number of carbonyl (C=O) groups excluding carboxylic acids is 1. The molecule has 1 aromatic rings. The zero-order valence-electron chi connectivity index (χ0n) is 10.8. The molecule has 0 saturated heterocycles. The van der Waals surface area contributed by atoms with Crippen molar-refractivity contribution in [3.05, 3.63) is 35.1 Å². The number of halogens is 1. The maximum Gasteiger partial charge on any atom is 0.338 e. The average molecular weight is 238 g/mol. The molecule has 17 heavy (non-hydrogen) atoms. The summed E-state index contributed by atoms with van der Waals surface area (Å²) in [4.78, 5) is 11.6. The van der Waals surface area contributed by atoms with Crippen molar-refractivity contribution in [2.24, 2.45) is 5.92 Å². The predicted octanol–water partition coefficient (Wildman–Crippen LogP) is 3.59. The summed E-state index contributed by atoms with van der Waals surface area (Å²) in [5.41, 5.74) is 0.907. The van der Waals surface area contributed by atoms with Crippen LogP contribution >= 0.6 is 0 Å². The summed E-state index contributed by atoms with van der Waals surface area (Å²) in [6.07, 6.45) is 0.478. The molecule has 0 aliphatic heterocycles. The second-order valence-electron chi connectivity index (χ2n) is 4.86. The van der Waals surface area contributed by atoms with Gasteiger partial charge in [-0.1, -0.05) is 19.9 Å². The first kappa shape index (κ1) is 13.7. The van der Waals surface area contributed by atoms with Gasteiger partial charge in [-0.2, -0.15) is 0 Å². The molecule has 0 heterocycles. The molecule has 0 N–H and O–H groups in total. The standard InChI is InChI=1S/C14H19FO2/c1-9(2)7-11-5-6-12(8-13(11)15)14(16)17-10(3)4/h5-6,8-10H,7H2,1-4H3. The second kappa shape index (κ2) is 5.80. The summed E-state index contributed by atoms with van der Waals surface area (Å²) in [6, 6.07) is 4.53. The van der Waals surface area contributed by atoms with Gasteiger partial charge in [-0.05, 0) is 43.9 Å². The Morgan fingerprint density at radius 3 is 2.41 bits per heavy atom. The first-order valence-electron chi connectivity index (χ1n) is 5.89. The molecule has 0 fully saturated rings. The van der Waals surface area contributed by atoms with Gasteiger partial charge in [-0.15, -0.1) is 0 Å². The van der Waals surface area contributed by atoms with Gasteiger partial charge in [0.05, 0.1) is 11.7 Å². The summed E-state index contributed by atoms with van der Waals surface area (Å²) in [5, 5.41) is 0. The molecule has 0 aliphatic rings. The molecular formula is C14H19FO2. The zero-order valence-corrected chi connectivity index (χ0v) is 10.8. The van der Waals surface area contributed by atoms with Crippen molar-refractivity contribution < 1.29 is 13.9 Å². The number of ether oxygens (including phenoxy) is 1. The van der Waals surface area contributed by atoms with Crippen molar-refractivity contribution in [2.75, 3.05) is 0 Å². The fourth-order valence-electron chi connectivity index (χ4n) is 1.56. The van der Waals surface area contributed by atoms with Crippen LogP contribution in [0.25, 0.3) is 0 Å². The number of benzene rings is 1. The number of hydrogen-bond acceptors (Lipinski definition) is 2.